The van der Waals surface area contributed by atoms with Crippen molar-refractivity contribution in [1.29, 1.82) is 0 Å². The number of carbonyl (C=O) groups is 2. The van der Waals surface area contributed by atoms with E-state index in [2.05, 4.69) is 26.0 Å². The Morgan fingerprint density at radius 1 is 1.13 bits per heavy atom. The summed E-state index contributed by atoms with van der Waals surface area (Å²) in [5.41, 5.74) is 0. The van der Waals surface area contributed by atoms with Crippen LogP contribution in [0, 0.1) is 0 Å². The van der Waals surface area contributed by atoms with Gasteiger partial charge in [0, 0.05) is 31.4 Å². The minimum Gasteiger partial charge on any atom is -0.368 e. The lowest BCUT2D eigenvalue weighted by Gasteiger charge is -2.11. The Kier molecular flexibility index (Phi) is 5.67. The number of pyridine rings is 1. The normalized spacial score (nSPS) is 10.4. The van der Waals surface area contributed by atoms with E-state index in [4.69, 9.17) is 0 Å². The maximum absolute atomic E-state index is 11.9. The molecule has 0 saturated carbocycles. The standard InChI is InChI=1S/C15H20N6O2/c1-11(2)21-13(6-8-19-21)20-15(23)14(22)18-10-9-17-12-5-3-4-7-16-12/h3-8,11H,9-10H2,1-2H3,(H,16,17)(H,18,22)(H,20,23). The van der Waals surface area contributed by atoms with Gasteiger partial charge in [0.25, 0.3) is 0 Å². The highest BCUT2D eigenvalue weighted by atomic mass is 16.2. The second-order valence-electron chi connectivity index (χ2n) is 5.11. The number of carbonyl (C=O) groups excluding carboxylic acids is 2. The molecular weight excluding hydrogens is 296 g/mol. The molecule has 0 unspecified atom stereocenters. The van der Waals surface area contributed by atoms with Gasteiger partial charge in [0.05, 0.1) is 6.20 Å². The summed E-state index contributed by atoms with van der Waals surface area (Å²) in [6.07, 6.45) is 3.25. The van der Waals surface area contributed by atoms with E-state index in [0.29, 0.717) is 24.7 Å². The molecule has 0 aliphatic carbocycles. The highest BCUT2D eigenvalue weighted by Gasteiger charge is 2.16. The van der Waals surface area contributed by atoms with Crippen LogP contribution in [-0.4, -0.2) is 39.7 Å². The number of anilines is 2. The zero-order chi connectivity index (χ0) is 16.7. The number of nitrogens with zero attached hydrogens (tertiary/aromatic N) is 3. The summed E-state index contributed by atoms with van der Waals surface area (Å²) >= 11 is 0. The van der Waals surface area contributed by atoms with Crippen LogP contribution in [0.3, 0.4) is 0 Å². The van der Waals surface area contributed by atoms with E-state index in [1.54, 1.807) is 23.1 Å². The van der Waals surface area contributed by atoms with E-state index < -0.39 is 11.8 Å². The van der Waals surface area contributed by atoms with Crippen LogP contribution in [0.1, 0.15) is 19.9 Å². The fraction of sp³-hybridized carbons (Fsp3) is 0.333. The second kappa shape index (κ2) is 7.92. The zero-order valence-corrected chi connectivity index (χ0v) is 13.1. The van der Waals surface area contributed by atoms with Gasteiger partial charge < -0.3 is 16.0 Å². The van der Waals surface area contributed by atoms with Crippen molar-refractivity contribution in [3.8, 4) is 0 Å². The van der Waals surface area contributed by atoms with Crippen LogP contribution in [0.2, 0.25) is 0 Å². The molecule has 0 aromatic carbocycles. The predicted molar refractivity (Wildman–Crippen MR) is 87.0 cm³/mol. The summed E-state index contributed by atoms with van der Waals surface area (Å²) in [7, 11) is 0. The van der Waals surface area contributed by atoms with E-state index in [-0.39, 0.29) is 6.04 Å². The molecule has 122 valence electrons. The van der Waals surface area contributed by atoms with Crippen molar-refractivity contribution in [2.24, 2.45) is 0 Å². The highest BCUT2D eigenvalue weighted by Crippen LogP contribution is 2.12. The summed E-state index contributed by atoms with van der Waals surface area (Å²) in [5.74, 6) is -0.201. The van der Waals surface area contributed by atoms with E-state index in [0.717, 1.165) is 0 Å². The Balaban J connectivity index is 1.75. The molecule has 2 amide bonds. The SMILES string of the molecule is CC(C)n1nccc1NC(=O)C(=O)NCCNc1ccccn1. The van der Waals surface area contributed by atoms with Crippen molar-refractivity contribution in [1.82, 2.24) is 20.1 Å². The largest absolute Gasteiger partial charge is 0.368 e. The smallest absolute Gasteiger partial charge is 0.314 e. The Bertz CT molecular complexity index is 653. The first kappa shape index (κ1) is 16.5. The monoisotopic (exact) mass is 316 g/mol. The van der Waals surface area contributed by atoms with Crippen LogP contribution in [0.4, 0.5) is 11.6 Å². The van der Waals surface area contributed by atoms with Crippen molar-refractivity contribution in [3.63, 3.8) is 0 Å². The molecule has 8 heteroatoms. The van der Waals surface area contributed by atoms with Gasteiger partial charge in [0.15, 0.2) is 0 Å². The molecule has 0 aliphatic rings. The van der Waals surface area contributed by atoms with Crippen LogP contribution in [0.15, 0.2) is 36.7 Å². The number of hydrogen-bond donors (Lipinski definition) is 3. The molecule has 3 N–H and O–H groups in total. The fourth-order valence-corrected chi connectivity index (χ4v) is 1.91. The topological polar surface area (TPSA) is 101 Å². The van der Waals surface area contributed by atoms with Crippen molar-refractivity contribution >= 4 is 23.5 Å². The average Bonchev–Trinajstić information content (AvgIpc) is 3.00. The summed E-state index contributed by atoms with van der Waals surface area (Å²) in [5, 5.41) is 12.2. The van der Waals surface area contributed by atoms with Gasteiger partial charge in [-0.25, -0.2) is 9.67 Å². The first-order valence-electron chi connectivity index (χ1n) is 7.35. The Morgan fingerprint density at radius 3 is 2.65 bits per heavy atom. The molecule has 0 aliphatic heterocycles. The molecule has 8 nitrogen and oxygen atoms in total. The first-order valence-corrected chi connectivity index (χ1v) is 7.35. The van der Waals surface area contributed by atoms with Gasteiger partial charge in [0.1, 0.15) is 11.6 Å². The Morgan fingerprint density at radius 2 is 1.96 bits per heavy atom. The van der Waals surface area contributed by atoms with Gasteiger partial charge in [0.2, 0.25) is 0 Å². The molecule has 2 rings (SSSR count). The van der Waals surface area contributed by atoms with Crippen LogP contribution in [0.25, 0.3) is 0 Å². The molecular formula is C15H20N6O2. The van der Waals surface area contributed by atoms with E-state index in [1.807, 2.05) is 32.0 Å². The molecule has 23 heavy (non-hydrogen) atoms. The summed E-state index contributed by atoms with van der Waals surface area (Å²) in [4.78, 5) is 27.7. The second-order valence-corrected chi connectivity index (χ2v) is 5.11. The molecule has 2 heterocycles. The maximum Gasteiger partial charge on any atom is 0.314 e. The lowest BCUT2D eigenvalue weighted by molar-refractivity contribution is -0.136. The summed E-state index contributed by atoms with van der Waals surface area (Å²) < 4.78 is 1.63. The van der Waals surface area contributed by atoms with Crippen molar-refractivity contribution in [2.45, 2.75) is 19.9 Å². The Hall–Kier alpha value is -2.90. The molecule has 0 atom stereocenters. The third kappa shape index (κ3) is 4.80. The number of rotatable bonds is 6. The van der Waals surface area contributed by atoms with Crippen LogP contribution in [0.5, 0.6) is 0 Å². The molecule has 0 saturated heterocycles. The number of amides is 2. The molecule has 0 fully saturated rings. The highest BCUT2D eigenvalue weighted by molar-refractivity contribution is 6.39. The molecule has 2 aromatic rings. The van der Waals surface area contributed by atoms with Gasteiger partial charge in [-0.2, -0.15) is 5.10 Å². The number of aromatic nitrogens is 3. The van der Waals surface area contributed by atoms with Crippen molar-refractivity contribution < 1.29 is 9.59 Å². The van der Waals surface area contributed by atoms with Crippen LogP contribution in [-0.2, 0) is 9.59 Å². The van der Waals surface area contributed by atoms with Gasteiger partial charge in [-0.1, -0.05) is 6.07 Å². The van der Waals surface area contributed by atoms with Crippen molar-refractivity contribution in [2.75, 3.05) is 23.7 Å². The van der Waals surface area contributed by atoms with Gasteiger partial charge in [-0.05, 0) is 26.0 Å². The van der Waals surface area contributed by atoms with Gasteiger partial charge in [-0.3, -0.25) is 9.59 Å². The molecule has 0 bridgehead atoms. The third-order valence-corrected chi connectivity index (χ3v) is 2.99. The molecule has 0 radical (unpaired) electrons. The van der Waals surface area contributed by atoms with Crippen LogP contribution < -0.4 is 16.0 Å². The summed E-state index contributed by atoms with van der Waals surface area (Å²) in [6.45, 7) is 4.66. The minimum atomic E-state index is -0.717. The first-order chi connectivity index (χ1) is 11.1. The van der Waals surface area contributed by atoms with E-state index in [9.17, 15) is 9.59 Å². The lowest BCUT2D eigenvalue weighted by atomic mass is 10.4. The Labute approximate surface area is 134 Å². The maximum atomic E-state index is 11.9. The van der Waals surface area contributed by atoms with Crippen LogP contribution >= 0.6 is 0 Å². The third-order valence-electron chi connectivity index (χ3n) is 2.99. The number of nitrogens with one attached hydrogen (secondary N) is 3. The quantitative estimate of drug-likeness (QED) is 0.546. The predicted octanol–water partition coefficient (Wildman–Crippen LogP) is 1.03. The molecule has 0 spiro atoms. The summed E-state index contributed by atoms with van der Waals surface area (Å²) in [6, 6.07) is 7.24. The average molecular weight is 316 g/mol. The van der Waals surface area contributed by atoms with Crippen molar-refractivity contribution in [3.05, 3.63) is 36.7 Å². The zero-order valence-electron chi connectivity index (χ0n) is 13.1. The van der Waals surface area contributed by atoms with Gasteiger partial charge in [-0.15, -0.1) is 0 Å². The van der Waals surface area contributed by atoms with E-state index in [1.165, 1.54) is 0 Å². The lowest BCUT2D eigenvalue weighted by Crippen LogP contribution is -2.38. The minimum absolute atomic E-state index is 0.0888. The van der Waals surface area contributed by atoms with E-state index >= 15 is 0 Å². The molecule has 2 aromatic heterocycles. The number of hydrogen-bond acceptors (Lipinski definition) is 5. The fourth-order valence-electron chi connectivity index (χ4n) is 1.91. The van der Waals surface area contributed by atoms with Gasteiger partial charge >= 0.3 is 11.8 Å².